The number of rotatable bonds is 14. The summed E-state index contributed by atoms with van der Waals surface area (Å²) in [5.74, 6) is 1.72. The van der Waals surface area contributed by atoms with Crippen LogP contribution in [-0.2, 0) is 0 Å². The van der Waals surface area contributed by atoms with E-state index in [4.69, 9.17) is 4.42 Å². The van der Waals surface area contributed by atoms with E-state index in [2.05, 4.69) is 501 Å². The molecule has 136 heavy (non-hydrogen) atoms. The second-order valence-electron chi connectivity index (χ2n) is 35.4. The van der Waals surface area contributed by atoms with Crippen LogP contribution < -0.4 is 0 Å². The summed E-state index contributed by atoms with van der Waals surface area (Å²) in [5.41, 5.74) is 35.3. The highest BCUT2D eigenvalue weighted by molar-refractivity contribution is 7.18. The Labute approximate surface area is 787 Å². The predicted octanol–water partition coefficient (Wildman–Crippen LogP) is 34.9. The van der Waals surface area contributed by atoms with Crippen LogP contribution in [0.4, 0.5) is 0 Å². The van der Waals surface area contributed by atoms with Gasteiger partial charge in [0.15, 0.2) is 0 Å². The molecule has 0 aliphatic carbocycles. The number of thiophene rings is 1. The van der Waals surface area contributed by atoms with Crippen LogP contribution >= 0.6 is 11.3 Å². The van der Waals surface area contributed by atoms with Crippen molar-refractivity contribution in [1.29, 1.82) is 0 Å². The molecule has 0 bridgehead atoms. The first-order chi connectivity index (χ1) is 67.4. The molecule has 0 aliphatic heterocycles. The molecule has 0 radical (unpaired) electrons. The van der Waals surface area contributed by atoms with Gasteiger partial charge in [0.1, 0.15) is 11.5 Å². The van der Waals surface area contributed by atoms with Gasteiger partial charge in [0.05, 0.1) is 66.2 Å². The van der Waals surface area contributed by atoms with Crippen molar-refractivity contribution in [2.24, 2.45) is 0 Å². The Kier molecular flexibility index (Phi) is 18.4. The number of hydrogen-bond acceptors (Lipinski definition) is 2. The lowest BCUT2D eigenvalue weighted by molar-refractivity contribution is 0.597. The largest absolute Gasteiger partial charge is 0.456 e. The van der Waals surface area contributed by atoms with Crippen molar-refractivity contribution in [2.45, 2.75) is 0 Å². The van der Waals surface area contributed by atoms with E-state index in [-0.39, 0.29) is 0 Å². The fourth-order valence-electron chi connectivity index (χ4n) is 21.4. The minimum atomic E-state index is 0.854. The molecule has 8 heteroatoms. The van der Waals surface area contributed by atoms with E-state index in [1.165, 1.54) is 196 Å². The van der Waals surface area contributed by atoms with Crippen LogP contribution in [0, 0.1) is 0 Å². The van der Waals surface area contributed by atoms with Gasteiger partial charge in [-0.25, -0.2) is 0 Å². The average molecular weight is 1750 g/mol. The van der Waals surface area contributed by atoms with E-state index in [9.17, 15) is 0 Å². The van der Waals surface area contributed by atoms with Crippen LogP contribution in [0.15, 0.2) is 502 Å². The SMILES string of the molecule is c1ccc(-c2ccc(-c3ccc(-n4c5ccc(-c6ccc7c(c6)c6ccccc6n7-c6ccccc6)cc5c5cc(-c6ccc7c(c6)c6ccccc6n7-c6ccccc6)ccc54)cc3)s2)cc1.c1ccc(-c2ccc(-c3ccc(-n4c5ccccc5c5cc(-c6ccc7c(c6)c6cc(-c8ccc9c(c8)c8ccccc8n9-c8ccccc8)ccc6n7-c6ccccc6)ccc54)cc3)o2)cc1. The molecule has 20 aromatic carbocycles. The van der Waals surface area contributed by atoms with Crippen LogP contribution in [0.5, 0.6) is 0 Å². The second-order valence-corrected chi connectivity index (χ2v) is 36.5. The molecule has 0 aliphatic rings. The van der Waals surface area contributed by atoms with E-state index in [0.29, 0.717) is 0 Å². The molecular weight excluding hydrogens is 1670 g/mol. The number of benzene rings is 20. The fourth-order valence-corrected chi connectivity index (χ4v) is 22.4. The number of furan rings is 1. The van der Waals surface area contributed by atoms with Gasteiger partial charge in [0, 0.05) is 120 Å². The molecule has 7 nitrogen and oxygen atoms in total. The second kappa shape index (κ2) is 32.0. The van der Waals surface area contributed by atoms with Crippen molar-refractivity contribution in [3.63, 3.8) is 0 Å². The summed E-state index contributed by atoms with van der Waals surface area (Å²) in [7, 11) is 0. The zero-order valence-corrected chi connectivity index (χ0v) is 74.7. The Morgan fingerprint density at radius 1 is 0.125 bits per heavy atom. The first-order valence-electron chi connectivity index (χ1n) is 46.5. The minimum absolute atomic E-state index is 0.854. The summed E-state index contributed by atoms with van der Waals surface area (Å²) in [4.78, 5) is 2.54. The summed E-state index contributed by atoms with van der Waals surface area (Å²) >= 11 is 1.84. The smallest absolute Gasteiger partial charge is 0.134 e. The van der Waals surface area contributed by atoms with Crippen LogP contribution in [0.2, 0.25) is 0 Å². The van der Waals surface area contributed by atoms with E-state index in [0.717, 1.165) is 56.8 Å². The molecule has 636 valence electrons. The van der Waals surface area contributed by atoms with Crippen molar-refractivity contribution in [1.82, 2.24) is 27.4 Å². The molecular formula is C128H82N6OS. The van der Waals surface area contributed by atoms with E-state index < -0.39 is 0 Å². The lowest BCUT2D eigenvalue weighted by Gasteiger charge is -2.10. The van der Waals surface area contributed by atoms with Gasteiger partial charge in [-0.1, -0.05) is 267 Å². The van der Waals surface area contributed by atoms with Crippen molar-refractivity contribution >= 4 is 142 Å². The van der Waals surface area contributed by atoms with E-state index in [1.54, 1.807) is 0 Å². The molecule has 28 rings (SSSR count). The molecule has 0 fully saturated rings. The molecule has 0 amide bonds. The summed E-state index contributed by atoms with van der Waals surface area (Å²) in [6, 6.07) is 181. The van der Waals surface area contributed by atoms with Gasteiger partial charge in [-0.2, -0.15) is 0 Å². The third kappa shape index (κ3) is 13.0. The van der Waals surface area contributed by atoms with Gasteiger partial charge in [0.2, 0.25) is 0 Å². The first-order valence-corrected chi connectivity index (χ1v) is 47.3. The molecule has 0 N–H and O–H groups in total. The number of hydrogen-bond donors (Lipinski definition) is 0. The number of aromatic nitrogens is 6. The highest BCUT2D eigenvalue weighted by Gasteiger charge is 2.24. The van der Waals surface area contributed by atoms with Gasteiger partial charge in [0.25, 0.3) is 0 Å². The first kappa shape index (κ1) is 78.1. The zero-order chi connectivity index (χ0) is 89.4. The van der Waals surface area contributed by atoms with Crippen molar-refractivity contribution in [3.05, 3.63) is 497 Å². The van der Waals surface area contributed by atoms with Crippen molar-refractivity contribution in [3.8, 4) is 122 Å². The third-order valence-electron chi connectivity index (χ3n) is 27.8. The van der Waals surface area contributed by atoms with Crippen molar-refractivity contribution < 1.29 is 4.42 Å². The van der Waals surface area contributed by atoms with E-state index >= 15 is 0 Å². The Hall–Kier alpha value is -17.8. The Morgan fingerprint density at radius 3 is 0.559 bits per heavy atom. The molecule has 28 aromatic rings. The highest BCUT2D eigenvalue weighted by Crippen LogP contribution is 2.47. The molecule has 0 atom stereocenters. The van der Waals surface area contributed by atoms with Crippen LogP contribution in [0.25, 0.3) is 253 Å². The van der Waals surface area contributed by atoms with Gasteiger partial charge in [-0.15, -0.1) is 11.3 Å². The minimum Gasteiger partial charge on any atom is -0.456 e. The summed E-state index contributed by atoms with van der Waals surface area (Å²) in [6.07, 6.45) is 0. The Bertz CT molecular complexity index is 9350. The number of nitrogens with zero attached hydrogens (tertiary/aromatic N) is 6. The fraction of sp³-hybridized carbons (Fsp3) is 0. The molecule has 0 spiro atoms. The normalized spacial score (nSPS) is 11.8. The maximum atomic E-state index is 6.31. The standard InChI is InChI=1S/C64H41N3O.C64H41N3S/c1-4-14-42(15-5-1)63-36-37-64(68-63)43-24-30-50(31-25-43)67-58-23-13-11-21-52(58)54-39-45(27-33-60(54)67)47-29-35-62-56(41-47)55-40-46(28-34-61(55)66(62)49-18-8-3-9-19-49)44-26-32-59-53(38-44)51-20-10-12-22-57(51)65(59)48-16-6-2-7-17-48;1-4-14-42(15-5-1)63-36-37-64(68-63)43-24-30-50(31-25-43)67-61-34-28-46(44-26-32-59-53(38-44)51-20-10-12-22-57(51)65(59)48-16-6-2-7-17-48)40-55(61)56-41-47(29-35-62(56)67)45-27-33-60-54(39-45)52-21-11-13-23-58(52)66(60)49-18-8-3-9-19-49/h2*1-41H. The predicted molar refractivity (Wildman–Crippen MR) is 573 cm³/mol. The maximum Gasteiger partial charge on any atom is 0.134 e. The van der Waals surface area contributed by atoms with Crippen molar-refractivity contribution in [2.75, 3.05) is 0 Å². The lowest BCUT2D eigenvalue weighted by Crippen LogP contribution is -1.94. The summed E-state index contributed by atoms with van der Waals surface area (Å²) < 4.78 is 20.7. The summed E-state index contributed by atoms with van der Waals surface area (Å²) in [5, 5.41) is 14.8. The molecule has 0 saturated heterocycles. The quantitative estimate of drug-likeness (QED) is 0.107. The van der Waals surface area contributed by atoms with Crippen LogP contribution in [0.3, 0.4) is 0 Å². The Morgan fingerprint density at radius 2 is 0.301 bits per heavy atom. The van der Waals surface area contributed by atoms with Gasteiger partial charge in [-0.05, 0) is 286 Å². The van der Waals surface area contributed by atoms with Crippen LogP contribution in [-0.4, -0.2) is 27.4 Å². The molecule has 0 saturated carbocycles. The van der Waals surface area contributed by atoms with E-state index in [1.807, 2.05) is 35.6 Å². The van der Waals surface area contributed by atoms with Gasteiger partial charge in [-0.3, -0.25) is 0 Å². The van der Waals surface area contributed by atoms with Gasteiger partial charge >= 0.3 is 0 Å². The number of para-hydroxylation sites is 8. The molecule has 8 aromatic heterocycles. The highest BCUT2D eigenvalue weighted by atomic mass is 32.1. The maximum absolute atomic E-state index is 6.31. The number of fused-ring (bicyclic) bond motifs is 18. The van der Waals surface area contributed by atoms with Gasteiger partial charge < -0.3 is 31.8 Å². The summed E-state index contributed by atoms with van der Waals surface area (Å²) in [6.45, 7) is 0. The lowest BCUT2D eigenvalue weighted by atomic mass is 9.98. The van der Waals surface area contributed by atoms with Crippen LogP contribution in [0.1, 0.15) is 0 Å². The third-order valence-corrected chi connectivity index (χ3v) is 28.9. The zero-order valence-electron chi connectivity index (χ0n) is 73.8. The average Bonchev–Trinajstić information content (AvgIpc) is 1.58. The molecule has 8 heterocycles. The topological polar surface area (TPSA) is 42.7 Å². The monoisotopic (exact) mass is 1750 g/mol. The Balaban J connectivity index is 0.000000138. The molecule has 0 unspecified atom stereocenters.